The second-order valence-electron chi connectivity index (χ2n) is 3.21. The van der Waals surface area contributed by atoms with Gasteiger partial charge in [0.2, 0.25) is 0 Å². The fourth-order valence-corrected chi connectivity index (χ4v) is 1.43. The molecule has 0 spiro atoms. The van der Waals surface area contributed by atoms with Crippen LogP contribution in [0.4, 0.5) is 4.39 Å². The molecule has 0 radical (unpaired) electrons. The minimum atomic E-state index is -0.144. The molecular weight excluding hydrogens is 263 g/mol. The fraction of sp³-hybridized carbons (Fsp3) is 0.300. The van der Waals surface area contributed by atoms with Crippen LogP contribution in [0.15, 0.2) is 27.8 Å². The number of hydrogen-bond acceptors (Lipinski definition) is 2. The first-order valence-corrected chi connectivity index (χ1v) is 5.31. The maximum atomic E-state index is 12.9. The molecule has 82 valence electrons. The van der Waals surface area contributed by atoms with Crippen LogP contribution in [0.2, 0.25) is 0 Å². The Morgan fingerprint density at radius 1 is 1.53 bits per heavy atom. The summed E-state index contributed by atoms with van der Waals surface area (Å²) < 4.78 is 13.5. The second kappa shape index (κ2) is 5.70. The second-order valence-corrected chi connectivity index (χ2v) is 4.07. The Labute approximate surface area is 95.9 Å². The molecule has 15 heavy (non-hydrogen) atoms. The number of nitrogens with zero attached hydrogens (tertiary/aromatic N) is 1. The van der Waals surface area contributed by atoms with Crippen LogP contribution in [0.3, 0.4) is 0 Å². The van der Waals surface area contributed by atoms with Gasteiger partial charge in [-0.15, -0.1) is 0 Å². The summed E-state index contributed by atoms with van der Waals surface area (Å²) in [6.07, 6.45) is 3.25. The monoisotopic (exact) mass is 274 g/mol. The van der Waals surface area contributed by atoms with Gasteiger partial charge >= 0.3 is 0 Å². The van der Waals surface area contributed by atoms with Crippen LogP contribution in [0, 0.1) is 5.82 Å². The number of rotatable bonds is 1. The maximum absolute atomic E-state index is 12.9. The Hall–Kier alpha value is -1.10. The SMILES string of the molecule is Fc1cc(C2CC2)ccc1Br.N/C=N/O. The quantitative estimate of drug-likeness (QED) is 0.358. The van der Waals surface area contributed by atoms with E-state index in [1.807, 2.05) is 6.07 Å². The van der Waals surface area contributed by atoms with E-state index in [1.165, 1.54) is 12.8 Å². The Kier molecular flexibility index (Phi) is 4.55. The predicted octanol–water partition coefficient (Wildman–Crippen LogP) is 2.83. The zero-order valence-corrected chi connectivity index (χ0v) is 9.61. The van der Waals surface area contributed by atoms with E-state index in [0.717, 1.165) is 11.9 Å². The molecule has 3 nitrogen and oxygen atoms in total. The molecule has 0 heterocycles. The first-order chi connectivity index (χ1) is 7.19. The van der Waals surface area contributed by atoms with Crippen LogP contribution in [0.25, 0.3) is 0 Å². The third kappa shape index (κ3) is 3.87. The summed E-state index contributed by atoms with van der Waals surface area (Å²) >= 11 is 3.12. The van der Waals surface area contributed by atoms with E-state index in [4.69, 9.17) is 5.21 Å². The van der Waals surface area contributed by atoms with Gasteiger partial charge in [-0.3, -0.25) is 0 Å². The van der Waals surface area contributed by atoms with Crippen molar-refractivity contribution in [3.63, 3.8) is 0 Å². The molecule has 3 N–H and O–H groups in total. The van der Waals surface area contributed by atoms with Gasteiger partial charge in [-0.05, 0) is 52.4 Å². The normalized spacial score (nSPS) is 14.8. The summed E-state index contributed by atoms with van der Waals surface area (Å²) in [7, 11) is 0. The zero-order valence-electron chi connectivity index (χ0n) is 8.03. The molecule has 1 aromatic carbocycles. The molecule has 0 aromatic heterocycles. The van der Waals surface area contributed by atoms with Crippen LogP contribution >= 0.6 is 15.9 Å². The van der Waals surface area contributed by atoms with Gasteiger partial charge < -0.3 is 10.9 Å². The molecule has 0 aliphatic heterocycles. The summed E-state index contributed by atoms with van der Waals surface area (Å²) in [4.78, 5) is 0. The number of hydrogen-bond donors (Lipinski definition) is 2. The lowest BCUT2D eigenvalue weighted by atomic mass is 10.1. The molecule has 1 aromatic rings. The fourth-order valence-electron chi connectivity index (χ4n) is 1.18. The van der Waals surface area contributed by atoms with E-state index in [-0.39, 0.29) is 5.82 Å². The Morgan fingerprint density at radius 3 is 2.53 bits per heavy atom. The molecule has 0 bridgehead atoms. The molecule has 1 aliphatic rings. The van der Waals surface area contributed by atoms with Gasteiger partial charge in [0, 0.05) is 0 Å². The summed E-state index contributed by atoms with van der Waals surface area (Å²) in [5.41, 5.74) is 5.63. The van der Waals surface area contributed by atoms with Crippen molar-refractivity contribution in [3.05, 3.63) is 34.1 Å². The van der Waals surface area contributed by atoms with Crippen LogP contribution < -0.4 is 5.73 Å². The number of nitrogens with two attached hydrogens (primary N) is 1. The van der Waals surface area contributed by atoms with E-state index in [1.54, 1.807) is 12.1 Å². The van der Waals surface area contributed by atoms with Crippen molar-refractivity contribution in [1.82, 2.24) is 0 Å². The molecule has 0 saturated heterocycles. The highest BCUT2D eigenvalue weighted by Crippen LogP contribution is 2.40. The molecule has 0 atom stereocenters. The number of benzene rings is 1. The highest BCUT2D eigenvalue weighted by atomic mass is 79.9. The Bertz CT molecular complexity index is 349. The van der Waals surface area contributed by atoms with Crippen LogP contribution in [0.5, 0.6) is 0 Å². The lowest BCUT2D eigenvalue weighted by Crippen LogP contribution is -1.85. The third-order valence-corrected chi connectivity index (χ3v) is 2.70. The minimum absolute atomic E-state index is 0.144. The van der Waals surface area contributed by atoms with Gasteiger partial charge in [-0.1, -0.05) is 11.2 Å². The first kappa shape index (κ1) is 12.0. The van der Waals surface area contributed by atoms with E-state index in [2.05, 4.69) is 26.8 Å². The van der Waals surface area contributed by atoms with E-state index in [0.29, 0.717) is 10.4 Å². The largest absolute Gasteiger partial charge is 0.410 e. The lowest BCUT2D eigenvalue weighted by molar-refractivity contribution is 0.321. The van der Waals surface area contributed by atoms with Crippen molar-refractivity contribution >= 4 is 22.3 Å². The van der Waals surface area contributed by atoms with Crippen molar-refractivity contribution in [1.29, 1.82) is 0 Å². The Balaban J connectivity index is 0.000000245. The minimum Gasteiger partial charge on any atom is -0.410 e. The lowest BCUT2D eigenvalue weighted by Gasteiger charge is -1.98. The molecule has 1 saturated carbocycles. The summed E-state index contributed by atoms with van der Waals surface area (Å²) in [5, 5.41) is 9.71. The van der Waals surface area contributed by atoms with Crippen molar-refractivity contribution in [2.24, 2.45) is 10.9 Å². The van der Waals surface area contributed by atoms with Gasteiger partial charge in [0.15, 0.2) is 0 Å². The summed E-state index contributed by atoms with van der Waals surface area (Å²) in [5.74, 6) is 0.493. The standard InChI is InChI=1S/C9H8BrF.CH4N2O/c10-8-4-3-7(5-9(8)11)6-1-2-6;2-1-3-4/h3-6H,1-2H2;1,4H,(H2,2,3). The molecule has 1 aliphatic carbocycles. The average molecular weight is 275 g/mol. The smallest absolute Gasteiger partial charge is 0.137 e. The molecule has 0 unspecified atom stereocenters. The van der Waals surface area contributed by atoms with E-state index in [9.17, 15) is 4.39 Å². The third-order valence-electron chi connectivity index (χ3n) is 2.06. The summed E-state index contributed by atoms with van der Waals surface area (Å²) in [6, 6.07) is 5.40. The van der Waals surface area contributed by atoms with E-state index >= 15 is 0 Å². The van der Waals surface area contributed by atoms with Crippen molar-refractivity contribution < 1.29 is 9.60 Å². The van der Waals surface area contributed by atoms with Gasteiger partial charge in [-0.25, -0.2) is 4.39 Å². The predicted molar refractivity (Wildman–Crippen MR) is 60.5 cm³/mol. The van der Waals surface area contributed by atoms with Crippen molar-refractivity contribution in [2.45, 2.75) is 18.8 Å². The summed E-state index contributed by atoms with van der Waals surface area (Å²) in [6.45, 7) is 0. The molecule has 5 heteroatoms. The van der Waals surface area contributed by atoms with Crippen LogP contribution in [-0.2, 0) is 0 Å². The van der Waals surface area contributed by atoms with Crippen LogP contribution in [0.1, 0.15) is 24.3 Å². The van der Waals surface area contributed by atoms with Crippen molar-refractivity contribution in [3.8, 4) is 0 Å². The molecule has 0 amide bonds. The van der Waals surface area contributed by atoms with Crippen molar-refractivity contribution in [2.75, 3.05) is 0 Å². The maximum Gasteiger partial charge on any atom is 0.137 e. The topological polar surface area (TPSA) is 58.6 Å². The van der Waals surface area contributed by atoms with E-state index < -0.39 is 0 Å². The zero-order chi connectivity index (χ0) is 11.3. The molecule has 2 rings (SSSR count). The number of oxime groups is 1. The average Bonchev–Trinajstić information content (AvgIpc) is 3.06. The highest BCUT2D eigenvalue weighted by Gasteiger charge is 2.23. The Morgan fingerprint density at radius 2 is 2.13 bits per heavy atom. The van der Waals surface area contributed by atoms with Gasteiger partial charge in [-0.2, -0.15) is 0 Å². The number of halogens is 2. The van der Waals surface area contributed by atoms with Gasteiger partial charge in [0.25, 0.3) is 0 Å². The molecule has 1 fully saturated rings. The van der Waals surface area contributed by atoms with Gasteiger partial charge in [0.1, 0.15) is 12.2 Å². The molecular formula is C10H12BrFN2O. The van der Waals surface area contributed by atoms with Crippen LogP contribution in [-0.4, -0.2) is 11.5 Å². The highest BCUT2D eigenvalue weighted by molar-refractivity contribution is 9.10. The van der Waals surface area contributed by atoms with Gasteiger partial charge in [0.05, 0.1) is 4.47 Å². The first-order valence-electron chi connectivity index (χ1n) is 4.51.